The number of ether oxygens (including phenoxy) is 1. The molecule has 1 aromatic carbocycles. The van der Waals surface area contributed by atoms with Crippen molar-refractivity contribution in [1.82, 2.24) is 4.57 Å². The van der Waals surface area contributed by atoms with Gasteiger partial charge in [0.1, 0.15) is 0 Å². The van der Waals surface area contributed by atoms with Crippen LogP contribution < -0.4 is 0 Å². The first kappa shape index (κ1) is 14.6. The minimum Gasteiger partial charge on any atom is -0.469 e. The number of carbonyl (C=O) groups excluding carboxylic acids is 1. The average molecular weight is 275 g/mol. The van der Waals surface area contributed by atoms with Gasteiger partial charge in [-0.25, -0.2) is 0 Å². The Labute approximate surface area is 119 Å². The number of methoxy groups -OCH3 is 1. The Morgan fingerprint density at radius 2 is 2.20 bits per heavy atom. The lowest BCUT2D eigenvalue weighted by Crippen LogP contribution is -2.04. The molecule has 0 fully saturated rings. The summed E-state index contributed by atoms with van der Waals surface area (Å²) in [5.41, 5.74) is 3.35. The molecule has 0 amide bonds. The molecule has 0 aliphatic heterocycles. The van der Waals surface area contributed by atoms with Gasteiger partial charge in [0, 0.05) is 30.3 Å². The van der Waals surface area contributed by atoms with E-state index in [1.54, 1.807) is 0 Å². The Kier molecular flexibility index (Phi) is 4.79. The van der Waals surface area contributed by atoms with Crippen LogP contribution >= 0.6 is 0 Å². The number of hydrogen-bond donors (Lipinski definition) is 1. The molecule has 0 aliphatic carbocycles. The summed E-state index contributed by atoms with van der Waals surface area (Å²) in [5, 5.41) is 10.1. The van der Waals surface area contributed by atoms with E-state index in [9.17, 15) is 4.79 Å². The van der Waals surface area contributed by atoms with Crippen molar-refractivity contribution in [2.75, 3.05) is 13.7 Å². The maximum atomic E-state index is 11.5. The highest BCUT2D eigenvalue weighted by atomic mass is 16.5. The van der Waals surface area contributed by atoms with Gasteiger partial charge in [0.25, 0.3) is 0 Å². The molecule has 1 heterocycles. The number of benzene rings is 1. The minimum absolute atomic E-state index is 0.166. The molecule has 0 unspecified atom stereocenters. The molecule has 0 saturated heterocycles. The van der Waals surface area contributed by atoms with Gasteiger partial charge >= 0.3 is 5.97 Å². The number of esters is 1. The monoisotopic (exact) mass is 275 g/mol. The number of carbonyl (C=O) groups is 1. The number of aryl methyl sites for hydroxylation is 2. The molecule has 0 atom stereocenters. The Morgan fingerprint density at radius 3 is 2.85 bits per heavy atom. The largest absolute Gasteiger partial charge is 0.469 e. The summed E-state index contributed by atoms with van der Waals surface area (Å²) in [6, 6.07) is 6.34. The van der Waals surface area contributed by atoms with Crippen LogP contribution in [-0.4, -0.2) is 29.4 Å². The van der Waals surface area contributed by atoms with Gasteiger partial charge in [0.15, 0.2) is 0 Å². The van der Waals surface area contributed by atoms with Crippen molar-refractivity contribution < 1.29 is 14.6 Å². The van der Waals surface area contributed by atoms with E-state index in [-0.39, 0.29) is 19.0 Å². The Morgan fingerprint density at radius 1 is 1.40 bits per heavy atom. The van der Waals surface area contributed by atoms with Gasteiger partial charge in [-0.2, -0.15) is 0 Å². The first-order chi connectivity index (χ1) is 9.69. The zero-order chi connectivity index (χ0) is 14.5. The van der Waals surface area contributed by atoms with Gasteiger partial charge in [-0.3, -0.25) is 4.79 Å². The molecule has 0 aliphatic rings. The van der Waals surface area contributed by atoms with Gasteiger partial charge < -0.3 is 14.4 Å². The van der Waals surface area contributed by atoms with E-state index in [0.29, 0.717) is 6.42 Å². The summed E-state index contributed by atoms with van der Waals surface area (Å²) in [7, 11) is 1.41. The zero-order valence-corrected chi connectivity index (χ0v) is 12.1. The van der Waals surface area contributed by atoms with E-state index in [0.717, 1.165) is 29.4 Å². The molecule has 108 valence electrons. The van der Waals surface area contributed by atoms with E-state index in [4.69, 9.17) is 9.84 Å². The molecule has 0 bridgehead atoms. The van der Waals surface area contributed by atoms with Crippen LogP contribution in [0.1, 0.15) is 24.5 Å². The molecular formula is C16H21NO3. The molecule has 0 saturated carbocycles. The van der Waals surface area contributed by atoms with E-state index in [2.05, 4.69) is 29.7 Å². The highest BCUT2D eigenvalue weighted by Gasteiger charge is 2.12. The molecule has 1 N–H and O–H groups in total. The van der Waals surface area contributed by atoms with Gasteiger partial charge in [-0.1, -0.05) is 13.0 Å². The minimum atomic E-state index is -0.229. The van der Waals surface area contributed by atoms with Crippen LogP contribution in [0, 0.1) is 0 Å². The third-order valence-corrected chi connectivity index (χ3v) is 3.56. The van der Waals surface area contributed by atoms with Crippen LogP contribution in [-0.2, 0) is 28.9 Å². The number of aliphatic hydroxyl groups excluding tert-OH is 1. The van der Waals surface area contributed by atoms with Crippen molar-refractivity contribution in [1.29, 1.82) is 0 Å². The van der Waals surface area contributed by atoms with Crippen LogP contribution in [0.3, 0.4) is 0 Å². The number of nitrogens with zero attached hydrogens (tertiary/aromatic N) is 1. The predicted octanol–water partition coefficient (Wildman–Crippen LogP) is 2.30. The fourth-order valence-corrected chi connectivity index (χ4v) is 2.43. The highest BCUT2D eigenvalue weighted by Crippen LogP contribution is 2.24. The first-order valence-electron chi connectivity index (χ1n) is 6.98. The van der Waals surface area contributed by atoms with Gasteiger partial charge in [-0.15, -0.1) is 0 Å². The van der Waals surface area contributed by atoms with Crippen LogP contribution in [0.15, 0.2) is 24.4 Å². The number of hydrogen-bond acceptors (Lipinski definition) is 3. The second-order valence-electron chi connectivity index (χ2n) is 4.88. The summed E-state index contributed by atoms with van der Waals surface area (Å²) in [4.78, 5) is 11.5. The van der Waals surface area contributed by atoms with Crippen LogP contribution in [0.4, 0.5) is 0 Å². The number of rotatable bonds is 6. The van der Waals surface area contributed by atoms with Crippen molar-refractivity contribution >= 4 is 16.9 Å². The van der Waals surface area contributed by atoms with Crippen LogP contribution in [0.25, 0.3) is 10.9 Å². The van der Waals surface area contributed by atoms with Crippen molar-refractivity contribution in [3.05, 3.63) is 35.5 Å². The van der Waals surface area contributed by atoms with Gasteiger partial charge in [-0.05, 0) is 36.1 Å². The fraction of sp³-hybridized carbons (Fsp3) is 0.438. The topological polar surface area (TPSA) is 51.5 Å². The third-order valence-electron chi connectivity index (χ3n) is 3.56. The SMILES string of the molecule is CCc1ccc2c(c1)c(CC(=O)OC)cn2CCCO. The molecule has 4 heteroatoms. The molecule has 0 spiro atoms. The average Bonchev–Trinajstić information content (AvgIpc) is 2.82. The maximum absolute atomic E-state index is 11.5. The summed E-state index contributed by atoms with van der Waals surface area (Å²) in [5.74, 6) is -0.229. The normalized spacial score (nSPS) is 10.9. The Hall–Kier alpha value is -1.81. The van der Waals surface area contributed by atoms with Crippen molar-refractivity contribution in [2.45, 2.75) is 32.7 Å². The summed E-state index contributed by atoms with van der Waals surface area (Å²) >= 11 is 0. The molecule has 1 aromatic heterocycles. The smallest absolute Gasteiger partial charge is 0.310 e. The molecule has 2 rings (SSSR count). The second kappa shape index (κ2) is 6.57. The molecule has 0 radical (unpaired) electrons. The predicted molar refractivity (Wildman–Crippen MR) is 78.7 cm³/mol. The molecular weight excluding hydrogens is 254 g/mol. The lowest BCUT2D eigenvalue weighted by Gasteiger charge is -2.04. The van der Waals surface area contributed by atoms with Gasteiger partial charge in [0.2, 0.25) is 0 Å². The lowest BCUT2D eigenvalue weighted by molar-refractivity contribution is -0.139. The summed E-state index contributed by atoms with van der Waals surface area (Å²) in [6.07, 6.45) is 3.95. The van der Waals surface area contributed by atoms with E-state index < -0.39 is 0 Å². The van der Waals surface area contributed by atoms with E-state index in [1.807, 2.05) is 6.20 Å². The van der Waals surface area contributed by atoms with Crippen molar-refractivity contribution in [3.63, 3.8) is 0 Å². The third kappa shape index (κ3) is 3.02. The Bertz CT molecular complexity index is 601. The lowest BCUT2D eigenvalue weighted by atomic mass is 10.1. The zero-order valence-electron chi connectivity index (χ0n) is 12.1. The highest BCUT2D eigenvalue weighted by molar-refractivity contribution is 5.88. The van der Waals surface area contributed by atoms with Crippen LogP contribution in [0.5, 0.6) is 0 Å². The summed E-state index contributed by atoms with van der Waals surface area (Å²) < 4.78 is 6.86. The number of aliphatic hydroxyl groups is 1. The second-order valence-corrected chi connectivity index (χ2v) is 4.88. The standard InChI is InChI=1S/C16H21NO3/c1-3-12-5-6-15-14(9-12)13(10-16(19)20-2)11-17(15)7-4-8-18/h5-6,9,11,18H,3-4,7-8,10H2,1-2H3. The van der Waals surface area contributed by atoms with Crippen molar-refractivity contribution in [3.8, 4) is 0 Å². The van der Waals surface area contributed by atoms with E-state index in [1.165, 1.54) is 12.7 Å². The van der Waals surface area contributed by atoms with Crippen LogP contribution in [0.2, 0.25) is 0 Å². The Balaban J connectivity index is 2.45. The molecule has 20 heavy (non-hydrogen) atoms. The maximum Gasteiger partial charge on any atom is 0.310 e. The fourth-order valence-electron chi connectivity index (χ4n) is 2.43. The summed E-state index contributed by atoms with van der Waals surface area (Å²) in [6.45, 7) is 3.03. The van der Waals surface area contributed by atoms with Crippen molar-refractivity contribution in [2.24, 2.45) is 0 Å². The molecule has 2 aromatic rings. The molecule has 4 nitrogen and oxygen atoms in total. The van der Waals surface area contributed by atoms with Gasteiger partial charge in [0.05, 0.1) is 13.5 Å². The van der Waals surface area contributed by atoms with E-state index >= 15 is 0 Å². The quantitative estimate of drug-likeness (QED) is 0.823. The first-order valence-corrected chi connectivity index (χ1v) is 6.98. The number of fused-ring (bicyclic) bond motifs is 1. The number of aromatic nitrogens is 1.